The van der Waals surface area contributed by atoms with Gasteiger partial charge in [-0.15, -0.1) is 0 Å². The Morgan fingerprint density at radius 2 is 1.07 bits per heavy atom. The van der Waals surface area contributed by atoms with Crippen LogP contribution in [0, 0.1) is 0 Å². The third-order valence-electron chi connectivity index (χ3n) is 7.79. The van der Waals surface area contributed by atoms with Crippen molar-refractivity contribution in [2.75, 3.05) is 13.2 Å². The molecule has 45 heavy (non-hydrogen) atoms. The van der Waals surface area contributed by atoms with Crippen molar-refractivity contribution in [1.82, 2.24) is 0 Å². The fourth-order valence-electron chi connectivity index (χ4n) is 4.82. The van der Waals surface area contributed by atoms with Crippen molar-refractivity contribution in [3.8, 4) is 0 Å². The molecule has 0 aromatic carbocycles. The summed E-state index contributed by atoms with van der Waals surface area (Å²) in [5.41, 5.74) is 0. The van der Waals surface area contributed by atoms with Crippen molar-refractivity contribution < 1.29 is 29.3 Å². The van der Waals surface area contributed by atoms with Crippen molar-refractivity contribution in [1.29, 1.82) is 0 Å². The summed E-state index contributed by atoms with van der Waals surface area (Å²) in [6, 6.07) is 0. The van der Waals surface area contributed by atoms with Crippen LogP contribution in [0.3, 0.4) is 0 Å². The third kappa shape index (κ3) is 33.0. The quantitative estimate of drug-likeness (QED) is 0.0435. The molecule has 0 bridgehead atoms. The standard InChI is InChI=1S/C39H68O6/c1-3-5-6-7-8-9-10-13-17-20-23-26-29-32-38(42)44-35-37(34-40)45-39(43)33-30-27-24-21-18-15-12-11-14-16-19-22-25-28-31-36(41)4-2/h12,14-16,21-22,24-25,36-37,40-41H,3-11,13,17-20,23,26-35H2,1-2H3/b15-12-,16-14-,24-21-,25-22-/t36-,37+/m1/s1. The Kier molecular flexibility index (Phi) is 33.0. The van der Waals surface area contributed by atoms with Crippen molar-refractivity contribution in [2.24, 2.45) is 0 Å². The summed E-state index contributed by atoms with van der Waals surface area (Å²) in [5, 5.41) is 19.0. The molecule has 6 nitrogen and oxygen atoms in total. The number of hydrogen-bond acceptors (Lipinski definition) is 6. The van der Waals surface area contributed by atoms with Crippen LogP contribution in [0.25, 0.3) is 0 Å². The van der Waals surface area contributed by atoms with Gasteiger partial charge >= 0.3 is 11.9 Å². The zero-order valence-electron chi connectivity index (χ0n) is 29.0. The Bertz CT molecular complexity index is 784. The van der Waals surface area contributed by atoms with Gasteiger partial charge < -0.3 is 19.7 Å². The fraction of sp³-hybridized carbons (Fsp3) is 0.744. The lowest BCUT2D eigenvalue weighted by Crippen LogP contribution is -2.28. The molecular weight excluding hydrogens is 564 g/mol. The van der Waals surface area contributed by atoms with Crippen LogP contribution in [0.2, 0.25) is 0 Å². The summed E-state index contributed by atoms with van der Waals surface area (Å²) in [7, 11) is 0. The van der Waals surface area contributed by atoms with Gasteiger partial charge in [-0.2, -0.15) is 0 Å². The van der Waals surface area contributed by atoms with E-state index < -0.39 is 6.10 Å². The normalized spacial score (nSPS) is 13.4. The van der Waals surface area contributed by atoms with E-state index >= 15 is 0 Å². The van der Waals surface area contributed by atoms with Crippen LogP contribution >= 0.6 is 0 Å². The van der Waals surface area contributed by atoms with Crippen molar-refractivity contribution in [3.63, 3.8) is 0 Å². The fourth-order valence-corrected chi connectivity index (χ4v) is 4.82. The Labute approximate surface area is 276 Å². The summed E-state index contributed by atoms with van der Waals surface area (Å²) in [6.45, 7) is 3.80. The number of unbranched alkanes of at least 4 members (excludes halogenated alkanes) is 13. The molecule has 2 atom stereocenters. The van der Waals surface area contributed by atoms with Crippen LogP contribution in [0.1, 0.15) is 162 Å². The SMILES string of the molecule is CCCCCCCCCCCCCCCC(=O)OC[C@H](CO)OC(=O)CCC/C=C\C/C=C\C/C=C\C/C=C\CC[C@H](O)CC. The number of allylic oxidation sites excluding steroid dienone is 8. The molecule has 0 rings (SSSR count). The van der Waals surface area contributed by atoms with E-state index in [1.54, 1.807) is 0 Å². The topological polar surface area (TPSA) is 93.1 Å². The second-order valence-electron chi connectivity index (χ2n) is 12.1. The first-order valence-electron chi connectivity index (χ1n) is 18.3. The molecule has 0 aliphatic carbocycles. The highest BCUT2D eigenvalue weighted by atomic mass is 16.6. The Morgan fingerprint density at radius 3 is 1.58 bits per heavy atom. The molecule has 260 valence electrons. The van der Waals surface area contributed by atoms with Gasteiger partial charge in [-0.3, -0.25) is 9.59 Å². The predicted octanol–water partition coefficient (Wildman–Crippen LogP) is 10.0. The second kappa shape index (κ2) is 34.7. The van der Waals surface area contributed by atoms with E-state index in [4.69, 9.17) is 9.47 Å². The molecule has 2 N–H and O–H groups in total. The molecular formula is C39H68O6. The van der Waals surface area contributed by atoms with Crippen molar-refractivity contribution in [3.05, 3.63) is 48.6 Å². The molecule has 0 aromatic rings. The highest BCUT2D eigenvalue weighted by molar-refractivity contribution is 5.70. The first kappa shape index (κ1) is 42.8. The highest BCUT2D eigenvalue weighted by Crippen LogP contribution is 2.13. The van der Waals surface area contributed by atoms with Crippen LogP contribution in [0.15, 0.2) is 48.6 Å². The lowest BCUT2D eigenvalue weighted by atomic mass is 10.0. The lowest BCUT2D eigenvalue weighted by molar-refractivity contribution is -0.161. The van der Waals surface area contributed by atoms with E-state index in [-0.39, 0.29) is 37.7 Å². The molecule has 0 radical (unpaired) electrons. The number of ether oxygens (including phenoxy) is 2. The van der Waals surface area contributed by atoms with E-state index in [1.165, 1.54) is 64.2 Å². The van der Waals surface area contributed by atoms with Crippen LogP contribution in [0.4, 0.5) is 0 Å². The third-order valence-corrected chi connectivity index (χ3v) is 7.79. The van der Waals surface area contributed by atoms with Gasteiger partial charge in [0.25, 0.3) is 0 Å². The zero-order valence-corrected chi connectivity index (χ0v) is 29.0. The van der Waals surface area contributed by atoms with Gasteiger partial charge in [-0.05, 0) is 57.8 Å². The molecule has 0 amide bonds. The van der Waals surface area contributed by atoms with Gasteiger partial charge in [0.15, 0.2) is 6.10 Å². The summed E-state index contributed by atoms with van der Waals surface area (Å²) < 4.78 is 10.5. The summed E-state index contributed by atoms with van der Waals surface area (Å²) >= 11 is 0. The first-order chi connectivity index (χ1) is 22.0. The first-order valence-corrected chi connectivity index (χ1v) is 18.3. The average molecular weight is 633 g/mol. The van der Waals surface area contributed by atoms with Gasteiger partial charge in [0.05, 0.1) is 12.7 Å². The van der Waals surface area contributed by atoms with Crippen LogP contribution < -0.4 is 0 Å². The van der Waals surface area contributed by atoms with Gasteiger partial charge in [0.2, 0.25) is 0 Å². The molecule has 0 spiro atoms. The minimum atomic E-state index is -0.807. The summed E-state index contributed by atoms with van der Waals surface area (Å²) in [6.07, 6.45) is 39.7. The molecule has 0 fully saturated rings. The monoisotopic (exact) mass is 633 g/mol. The van der Waals surface area contributed by atoms with Crippen LogP contribution in [-0.4, -0.2) is 47.6 Å². The van der Waals surface area contributed by atoms with Crippen molar-refractivity contribution >= 4 is 11.9 Å². The van der Waals surface area contributed by atoms with E-state index in [2.05, 4.69) is 55.5 Å². The van der Waals surface area contributed by atoms with Gasteiger partial charge in [0, 0.05) is 12.8 Å². The van der Waals surface area contributed by atoms with E-state index in [0.29, 0.717) is 12.8 Å². The molecule has 0 aliphatic heterocycles. The van der Waals surface area contributed by atoms with Crippen molar-refractivity contribution in [2.45, 2.75) is 174 Å². The molecule has 0 unspecified atom stereocenters. The molecule has 0 heterocycles. The van der Waals surface area contributed by atoms with E-state index in [0.717, 1.165) is 64.2 Å². The molecule has 0 saturated carbocycles. The largest absolute Gasteiger partial charge is 0.462 e. The van der Waals surface area contributed by atoms with E-state index in [9.17, 15) is 19.8 Å². The molecule has 0 aliphatic rings. The number of carbonyl (C=O) groups excluding carboxylic acids is 2. The minimum Gasteiger partial charge on any atom is -0.462 e. The van der Waals surface area contributed by atoms with E-state index in [1.807, 2.05) is 6.92 Å². The number of rotatable bonds is 32. The van der Waals surface area contributed by atoms with Gasteiger partial charge in [-0.1, -0.05) is 140 Å². The second-order valence-corrected chi connectivity index (χ2v) is 12.1. The molecule has 6 heteroatoms. The number of esters is 2. The maximum atomic E-state index is 12.1. The van der Waals surface area contributed by atoms with Crippen LogP contribution in [0.5, 0.6) is 0 Å². The Morgan fingerprint density at radius 1 is 0.600 bits per heavy atom. The number of hydrogen-bond donors (Lipinski definition) is 2. The predicted molar refractivity (Wildman–Crippen MR) is 188 cm³/mol. The molecule has 0 aromatic heterocycles. The Hall–Kier alpha value is -2.18. The molecule has 0 saturated heterocycles. The number of aliphatic hydroxyl groups is 2. The zero-order chi connectivity index (χ0) is 33.1. The minimum absolute atomic E-state index is 0.0955. The van der Waals surface area contributed by atoms with Gasteiger partial charge in [0.1, 0.15) is 6.61 Å². The highest BCUT2D eigenvalue weighted by Gasteiger charge is 2.15. The number of aliphatic hydroxyl groups excluding tert-OH is 2. The summed E-state index contributed by atoms with van der Waals surface area (Å²) in [5.74, 6) is -0.676. The maximum Gasteiger partial charge on any atom is 0.306 e. The summed E-state index contributed by atoms with van der Waals surface area (Å²) in [4.78, 5) is 24.1. The maximum absolute atomic E-state index is 12.1. The smallest absolute Gasteiger partial charge is 0.306 e. The number of carbonyl (C=O) groups is 2. The lowest BCUT2D eigenvalue weighted by Gasteiger charge is -2.15. The van der Waals surface area contributed by atoms with Crippen LogP contribution in [-0.2, 0) is 19.1 Å². The average Bonchev–Trinajstić information content (AvgIpc) is 3.04. The Balaban J connectivity index is 3.70. The van der Waals surface area contributed by atoms with Gasteiger partial charge in [-0.25, -0.2) is 0 Å².